The molecule has 3 rings (SSSR count). The fourth-order valence-electron chi connectivity index (χ4n) is 4.68. The Bertz CT molecular complexity index is 551. The lowest BCUT2D eigenvalue weighted by atomic mass is 9.84. The molecule has 0 atom stereocenters. The van der Waals surface area contributed by atoms with Crippen molar-refractivity contribution in [2.75, 3.05) is 26.7 Å². The minimum Gasteiger partial charge on any atom is -0.381 e. The molecule has 1 saturated carbocycles. The van der Waals surface area contributed by atoms with Crippen LogP contribution in [0.1, 0.15) is 56.9 Å². The Morgan fingerprint density at radius 2 is 1.81 bits per heavy atom. The van der Waals surface area contributed by atoms with E-state index in [1.807, 2.05) is 13.2 Å². The largest absolute Gasteiger partial charge is 0.381 e. The van der Waals surface area contributed by atoms with Gasteiger partial charge in [-0.15, -0.1) is 0 Å². The summed E-state index contributed by atoms with van der Waals surface area (Å²) in [6.07, 6.45) is 12.4. The van der Waals surface area contributed by atoms with E-state index in [0.717, 1.165) is 23.3 Å². The zero-order valence-corrected chi connectivity index (χ0v) is 18.4. The van der Waals surface area contributed by atoms with E-state index in [4.69, 9.17) is 16.3 Å². The van der Waals surface area contributed by atoms with Gasteiger partial charge in [0.05, 0.1) is 6.10 Å². The minimum atomic E-state index is 0.532. The van der Waals surface area contributed by atoms with Crippen LogP contribution in [0, 0.1) is 11.8 Å². The van der Waals surface area contributed by atoms with Crippen LogP contribution in [0.25, 0.3) is 0 Å². The van der Waals surface area contributed by atoms with Gasteiger partial charge in [0.25, 0.3) is 0 Å². The van der Waals surface area contributed by atoms with Gasteiger partial charge in [0.1, 0.15) is 0 Å². The number of piperidine rings is 1. The Hall–Kier alpha value is -0.0900. The van der Waals surface area contributed by atoms with E-state index >= 15 is 0 Å². The molecule has 0 unspecified atom stereocenters. The summed E-state index contributed by atoms with van der Waals surface area (Å²) >= 11 is 9.83. The summed E-state index contributed by atoms with van der Waals surface area (Å²) in [4.78, 5) is 2.68. The topological polar surface area (TPSA) is 12.5 Å². The van der Waals surface area contributed by atoms with E-state index in [1.54, 1.807) is 0 Å². The first-order chi connectivity index (χ1) is 12.6. The molecule has 1 aromatic carbocycles. The molecule has 1 aliphatic carbocycles. The van der Waals surface area contributed by atoms with Crippen molar-refractivity contribution in [1.82, 2.24) is 4.90 Å². The zero-order valence-electron chi connectivity index (χ0n) is 16.1. The van der Waals surface area contributed by atoms with Crippen LogP contribution in [0.5, 0.6) is 0 Å². The first-order valence-corrected chi connectivity index (χ1v) is 11.5. The van der Waals surface area contributed by atoms with Gasteiger partial charge < -0.3 is 9.64 Å². The molecule has 26 heavy (non-hydrogen) atoms. The second kappa shape index (κ2) is 10.5. The molecule has 0 bridgehead atoms. The highest BCUT2D eigenvalue weighted by Gasteiger charge is 2.22. The number of hydrogen-bond acceptors (Lipinski definition) is 2. The molecule has 1 aromatic rings. The fourth-order valence-corrected chi connectivity index (χ4v) is 5.29. The lowest BCUT2D eigenvalue weighted by molar-refractivity contribution is 0.0545. The molecular weight excluding hydrogens is 410 g/mol. The Kier molecular flexibility index (Phi) is 8.30. The van der Waals surface area contributed by atoms with Gasteiger partial charge in [-0.05, 0) is 113 Å². The van der Waals surface area contributed by atoms with Crippen molar-refractivity contribution in [2.45, 2.75) is 63.9 Å². The number of methoxy groups -OCH3 is 1. The Balaban J connectivity index is 1.32. The van der Waals surface area contributed by atoms with Gasteiger partial charge in [-0.1, -0.05) is 27.5 Å². The number of likely N-dealkylation sites (tertiary alicyclic amines) is 1. The van der Waals surface area contributed by atoms with Gasteiger partial charge in [-0.25, -0.2) is 0 Å². The molecule has 1 saturated heterocycles. The van der Waals surface area contributed by atoms with E-state index in [1.165, 1.54) is 81.0 Å². The second-order valence-corrected chi connectivity index (χ2v) is 9.54. The highest BCUT2D eigenvalue weighted by Crippen LogP contribution is 2.30. The van der Waals surface area contributed by atoms with Crippen molar-refractivity contribution in [3.05, 3.63) is 33.3 Å². The summed E-state index contributed by atoms with van der Waals surface area (Å²) in [6.45, 7) is 3.82. The molecule has 0 radical (unpaired) electrons. The van der Waals surface area contributed by atoms with Gasteiger partial charge in [0, 0.05) is 16.6 Å². The molecule has 2 fully saturated rings. The number of halogens is 2. The van der Waals surface area contributed by atoms with Crippen LogP contribution in [0.15, 0.2) is 22.7 Å². The highest BCUT2D eigenvalue weighted by molar-refractivity contribution is 9.10. The standard InChI is InChI=1S/C22H33BrClNO/c1-26-21-7-4-17(5-8-21)3-2-12-25-13-10-18(11-14-25)15-19-16-20(24)6-9-22(19)23/h6,9,16-18,21H,2-5,7-8,10-15H2,1H3. The molecule has 2 nitrogen and oxygen atoms in total. The average molecular weight is 443 g/mol. The molecular formula is C22H33BrClNO. The summed E-state index contributed by atoms with van der Waals surface area (Å²) in [5, 5.41) is 0.847. The first-order valence-electron chi connectivity index (χ1n) is 10.3. The van der Waals surface area contributed by atoms with Crippen LogP contribution in [0.2, 0.25) is 5.02 Å². The molecule has 1 heterocycles. The van der Waals surface area contributed by atoms with Crippen molar-refractivity contribution in [2.24, 2.45) is 11.8 Å². The van der Waals surface area contributed by atoms with E-state index < -0.39 is 0 Å². The monoisotopic (exact) mass is 441 g/mol. The van der Waals surface area contributed by atoms with Crippen molar-refractivity contribution < 1.29 is 4.74 Å². The van der Waals surface area contributed by atoms with Crippen LogP contribution in [0.3, 0.4) is 0 Å². The number of rotatable bonds is 7. The molecule has 4 heteroatoms. The highest BCUT2D eigenvalue weighted by atomic mass is 79.9. The van der Waals surface area contributed by atoms with Gasteiger partial charge in [-0.3, -0.25) is 0 Å². The third-order valence-corrected chi connectivity index (χ3v) is 7.45. The quantitative estimate of drug-likeness (QED) is 0.488. The van der Waals surface area contributed by atoms with Gasteiger partial charge >= 0.3 is 0 Å². The Labute approximate surface area is 172 Å². The van der Waals surface area contributed by atoms with Crippen LogP contribution in [-0.2, 0) is 11.2 Å². The van der Waals surface area contributed by atoms with E-state index in [2.05, 4.69) is 33.0 Å². The molecule has 0 amide bonds. The van der Waals surface area contributed by atoms with E-state index in [0.29, 0.717) is 6.10 Å². The zero-order chi connectivity index (χ0) is 18.4. The van der Waals surface area contributed by atoms with E-state index in [-0.39, 0.29) is 0 Å². The van der Waals surface area contributed by atoms with E-state index in [9.17, 15) is 0 Å². The maximum atomic E-state index is 6.16. The van der Waals surface area contributed by atoms with Crippen LogP contribution < -0.4 is 0 Å². The minimum absolute atomic E-state index is 0.532. The van der Waals surface area contributed by atoms with Gasteiger partial charge in [0.2, 0.25) is 0 Å². The summed E-state index contributed by atoms with van der Waals surface area (Å²) in [7, 11) is 1.86. The smallest absolute Gasteiger partial charge is 0.0571 e. The average Bonchev–Trinajstić information content (AvgIpc) is 2.67. The lowest BCUT2D eigenvalue weighted by Gasteiger charge is -2.33. The van der Waals surface area contributed by atoms with Gasteiger partial charge in [-0.2, -0.15) is 0 Å². The predicted molar refractivity (Wildman–Crippen MR) is 114 cm³/mol. The molecule has 2 aliphatic rings. The predicted octanol–water partition coefficient (Wildman–Crippen LogP) is 6.34. The molecule has 146 valence electrons. The second-order valence-electron chi connectivity index (χ2n) is 8.25. The number of hydrogen-bond donors (Lipinski definition) is 0. The molecule has 0 spiro atoms. The Morgan fingerprint density at radius 1 is 1.08 bits per heavy atom. The maximum Gasteiger partial charge on any atom is 0.0571 e. The third kappa shape index (κ3) is 6.22. The van der Waals surface area contributed by atoms with Crippen molar-refractivity contribution in [3.63, 3.8) is 0 Å². The summed E-state index contributed by atoms with van der Waals surface area (Å²) in [5.74, 6) is 1.74. The Morgan fingerprint density at radius 3 is 2.50 bits per heavy atom. The van der Waals surface area contributed by atoms with Crippen molar-refractivity contribution in [1.29, 1.82) is 0 Å². The first kappa shape index (κ1) is 20.6. The van der Waals surface area contributed by atoms with Crippen LogP contribution in [-0.4, -0.2) is 37.7 Å². The van der Waals surface area contributed by atoms with Crippen molar-refractivity contribution in [3.8, 4) is 0 Å². The number of benzene rings is 1. The normalized spacial score (nSPS) is 25.5. The maximum absolute atomic E-state index is 6.16. The van der Waals surface area contributed by atoms with Crippen molar-refractivity contribution >= 4 is 27.5 Å². The summed E-state index contributed by atoms with van der Waals surface area (Å²) in [5.41, 5.74) is 1.36. The van der Waals surface area contributed by atoms with Gasteiger partial charge in [0.15, 0.2) is 0 Å². The summed E-state index contributed by atoms with van der Waals surface area (Å²) < 4.78 is 6.69. The fraction of sp³-hybridized carbons (Fsp3) is 0.727. The van der Waals surface area contributed by atoms with Crippen LogP contribution >= 0.6 is 27.5 Å². The lowest BCUT2D eigenvalue weighted by Crippen LogP contribution is -2.35. The number of ether oxygens (including phenoxy) is 1. The third-order valence-electron chi connectivity index (χ3n) is 6.44. The molecule has 0 aromatic heterocycles. The van der Waals surface area contributed by atoms with Crippen LogP contribution in [0.4, 0.5) is 0 Å². The SMILES string of the molecule is COC1CCC(CCCN2CCC(Cc3cc(Cl)ccc3Br)CC2)CC1. The number of nitrogens with zero attached hydrogens (tertiary/aromatic N) is 1. The summed E-state index contributed by atoms with van der Waals surface area (Å²) in [6, 6.07) is 6.16. The molecule has 1 aliphatic heterocycles. The molecule has 0 N–H and O–H groups in total.